The minimum Gasteiger partial charge on any atom is -0.0654 e. The summed E-state index contributed by atoms with van der Waals surface area (Å²) >= 11 is 0. The third-order valence-corrected chi connectivity index (χ3v) is 3.34. The molecule has 0 spiro atoms. The molecular weight excluding hydrogens is 228 g/mol. The van der Waals surface area contributed by atoms with Gasteiger partial charge in [-0.2, -0.15) is 0 Å². The molecule has 2 aromatic carbocycles. The van der Waals surface area contributed by atoms with Crippen LogP contribution in [0.5, 0.6) is 0 Å². The molecule has 0 saturated heterocycles. The summed E-state index contributed by atoms with van der Waals surface area (Å²) in [4.78, 5) is 0. The molecular formula is C19H26. The fourth-order valence-corrected chi connectivity index (χ4v) is 1.87. The molecule has 102 valence electrons. The fourth-order valence-electron chi connectivity index (χ4n) is 1.87. The molecule has 1 atom stereocenters. The molecule has 0 aliphatic carbocycles. The predicted octanol–water partition coefficient (Wildman–Crippen LogP) is 5.95. The minimum absolute atomic E-state index is 0.478. The van der Waals surface area contributed by atoms with Crippen molar-refractivity contribution in [1.82, 2.24) is 0 Å². The molecule has 0 bridgehead atoms. The monoisotopic (exact) mass is 254 g/mol. The Morgan fingerprint density at radius 1 is 0.789 bits per heavy atom. The SMILES string of the molecule is CCCC.Cc1cccc(C(C)c2ccccc2)c1. The third kappa shape index (κ3) is 5.30. The number of aryl methyl sites for hydroxylation is 1. The Kier molecular flexibility index (Phi) is 6.95. The van der Waals surface area contributed by atoms with E-state index in [1.54, 1.807) is 0 Å². The van der Waals surface area contributed by atoms with Crippen LogP contribution in [-0.2, 0) is 0 Å². The summed E-state index contributed by atoms with van der Waals surface area (Å²) in [5, 5.41) is 0. The van der Waals surface area contributed by atoms with Crippen LogP contribution in [0.1, 0.15) is 56.2 Å². The molecule has 0 aliphatic rings. The van der Waals surface area contributed by atoms with E-state index in [-0.39, 0.29) is 0 Å². The maximum absolute atomic E-state index is 2.26. The van der Waals surface area contributed by atoms with Crippen molar-refractivity contribution in [3.63, 3.8) is 0 Å². The maximum atomic E-state index is 2.26. The molecule has 0 heteroatoms. The smallest absolute Gasteiger partial charge is 0.00611 e. The largest absolute Gasteiger partial charge is 0.0654 e. The van der Waals surface area contributed by atoms with Crippen molar-refractivity contribution in [2.75, 3.05) is 0 Å². The first-order valence-corrected chi connectivity index (χ1v) is 7.30. The summed E-state index contributed by atoms with van der Waals surface area (Å²) < 4.78 is 0. The second-order valence-electron chi connectivity index (χ2n) is 5.05. The van der Waals surface area contributed by atoms with Crippen LogP contribution in [0.3, 0.4) is 0 Å². The van der Waals surface area contributed by atoms with Crippen molar-refractivity contribution >= 4 is 0 Å². The van der Waals surface area contributed by atoms with Crippen LogP contribution in [-0.4, -0.2) is 0 Å². The topological polar surface area (TPSA) is 0 Å². The second-order valence-corrected chi connectivity index (χ2v) is 5.05. The Hall–Kier alpha value is -1.56. The van der Waals surface area contributed by atoms with Gasteiger partial charge in [0.15, 0.2) is 0 Å². The Morgan fingerprint density at radius 2 is 1.37 bits per heavy atom. The van der Waals surface area contributed by atoms with Crippen LogP contribution < -0.4 is 0 Å². The minimum atomic E-state index is 0.478. The highest BCUT2D eigenvalue weighted by Gasteiger charge is 2.06. The molecule has 0 nitrogen and oxygen atoms in total. The van der Waals surface area contributed by atoms with Crippen molar-refractivity contribution in [3.05, 3.63) is 71.3 Å². The van der Waals surface area contributed by atoms with Gasteiger partial charge in [0.05, 0.1) is 0 Å². The average molecular weight is 254 g/mol. The zero-order chi connectivity index (χ0) is 14.1. The van der Waals surface area contributed by atoms with E-state index in [0.717, 1.165) is 0 Å². The van der Waals surface area contributed by atoms with Gasteiger partial charge < -0.3 is 0 Å². The van der Waals surface area contributed by atoms with Crippen molar-refractivity contribution in [1.29, 1.82) is 0 Å². The lowest BCUT2D eigenvalue weighted by Gasteiger charge is -2.12. The highest BCUT2D eigenvalue weighted by atomic mass is 14.1. The van der Waals surface area contributed by atoms with Crippen LogP contribution in [0.4, 0.5) is 0 Å². The van der Waals surface area contributed by atoms with E-state index in [1.165, 1.54) is 29.5 Å². The number of rotatable bonds is 3. The van der Waals surface area contributed by atoms with Gasteiger partial charge in [0.25, 0.3) is 0 Å². The first kappa shape index (κ1) is 15.5. The summed E-state index contributed by atoms with van der Waals surface area (Å²) in [6, 6.07) is 19.4. The summed E-state index contributed by atoms with van der Waals surface area (Å²) in [6.45, 7) is 8.76. The van der Waals surface area contributed by atoms with Crippen molar-refractivity contribution in [2.45, 2.75) is 46.5 Å². The number of hydrogen-bond acceptors (Lipinski definition) is 0. The molecule has 0 heterocycles. The van der Waals surface area contributed by atoms with Gasteiger partial charge in [-0.1, -0.05) is 93.8 Å². The van der Waals surface area contributed by atoms with E-state index in [9.17, 15) is 0 Å². The number of benzene rings is 2. The van der Waals surface area contributed by atoms with Crippen LogP contribution in [0.15, 0.2) is 54.6 Å². The first-order chi connectivity index (χ1) is 9.19. The van der Waals surface area contributed by atoms with Gasteiger partial charge in [-0.3, -0.25) is 0 Å². The van der Waals surface area contributed by atoms with E-state index in [1.807, 2.05) is 0 Å². The van der Waals surface area contributed by atoms with E-state index < -0.39 is 0 Å². The van der Waals surface area contributed by atoms with Gasteiger partial charge >= 0.3 is 0 Å². The molecule has 0 amide bonds. The molecule has 0 aliphatic heterocycles. The molecule has 1 unspecified atom stereocenters. The third-order valence-electron chi connectivity index (χ3n) is 3.34. The molecule has 0 radical (unpaired) electrons. The molecule has 0 fully saturated rings. The quantitative estimate of drug-likeness (QED) is 0.634. The van der Waals surface area contributed by atoms with E-state index in [2.05, 4.69) is 82.3 Å². The Bertz CT molecular complexity index is 454. The normalized spacial score (nSPS) is 11.4. The first-order valence-electron chi connectivity index (χ1n) is 7.30. The molecule has 2 aromatic rings. The number of hydrogen-bond donors (Lipinski definition) is 0. The van der Waals surface area contributed by atoms with Crippen molar-refractivity contribution < 1.29 is 0 Å². The second kappa shape index (κ2) is 8.53. The standard InChI is InChI=1S/C15H16.C4H10/c1-12-7-6-10-15(11-12)13(2)14-8-4-3-5-9-14;1-3-4-2/h3-11,13H,1-2H3;3-4H2,1-2H3. The van der Waals surface area contributed by atoms with Crippen LogP contribution in [0.25, 0.3) is 0 Å². The lowest BCUT2D eigenvalue weighted by atomic mass is 9.92. The van der Waals surface area contributed by atoms with Gasteiger partial charge in [-0.25, -0.2) is 0 Å². The maximum Gasteiger partial charge on any atom is 0.00611 e. The zero-order valence-corrected chi connectivity index (χ0v) is 12.7. The van der Waals surface area contributed by atoms with E-state index >= 15 is 0 Å². The van der Waals surface area contributed by atoms with Gasteiger partial charge in [0.2, 0.25) is 0 Å². The highest BCUT2D eigenvalue weighted by Crippen LogP contribution is 2.24. The fraction of sp³-hybridized carbons (Fsp3) is 0.368. The Labute approximate surface area is 118 Å². The zero-order valence-electron chi connectivity index (χ0n) is 12.7. The average Bonchev–Trinajstić information content (AvgIpc) is 2.47. The molecule has 0 aromatic heterocycles. The van der Waals surface area contributed by atoms with Crippen LogP contribution in [0, 0.1) is 6.92 Å². The lowest BCUT2D eigenvalue weighted by molar-refractivity contribution is 0.886. The summed E-state index contributed by atoms with van der Waals surface area (Å²) in [7, 11) is 0. The molecule has 2 rings (SSSR count). The molecule has 19 heavy (non-hydrogen) atoms. The van der Waals surface area contributed by atoms with E-state index in [4.69, 9.17) is 0 Å². The van der Waals surface area contributed by atoms with Crippen LogP contribution in [0.2, 0.25) is 0 Å². The summed E-state index contributed by atoms with van der Waals surface area (Å²) in [5.41, 5.74) is 4.10. The summed E-state index contributed by atoms with van der Waals surface area (Å²) in [5.74, 6) is 0.478. The Morgan fingerprint density at radius 3 is 1.89 bits per heavy atom. The predicted molar refractivity (Wildman–Crippen MR) is 85.7 cm³/mol. The summed E-state index contributed by atoms with van der Waals surface area (Å²) in [6.07, 6.45) is 2.64. The Balaban J connectivity index is 0.000000399. The van der Waals surface area contributed by atoms with Crippen molar-refractivity contribution in [2.24, 2.45) is 0 Å². The van der Waals surface area contributed by atoms with Gasteiger partial charge in [0.1, 0.15) is 0 Å². The van der Waals surface area contributed by atoms with E-state index in [0.29, 0.717) is 5.92 Å². The highest BCUT2D eigenvalue weighted by molar-refractivity contribution is 5.33. The van der Waals surface area contributed by atoms with Crippen LogP contribution >= 0.6 is 0 Å². The molecule has 0 N–H and O–H groups in total. The van der Waals surface area contributed by atoms with Gasteiger partial charge in [-0.15, -0.1) is 0 Å². The van der Waals surface area contributed by atoms with Gasteiger partial charge in [0, 0.05) is 5.92 Å². The van der Waals surface area contributed by atoms with Crippen molar-refractivity contribution in [3.8, 4) is 0 Å². The van der Waals surface area contributed by atoms with Gasteiger partial charge in [-0.05, 0) is 18.1 Å². The molecule has 0 saturated carbocycles. The number of unbranched alkanes of at least 4 members (excludes halogenated alkanes) is 1. The lowest BCUT2D eigenvalue weighted by Crippen LogP contribution is -1.95.